The van der Waals surface area contributed by atoms with Crippen molar-refractivity contribution >= 4 is 33.2 Å². The van der Waals surface area contributed by atoms with Crippen LogP contribution in [0.25, 0.3) is 0 Å². The van der Waals surface area contributed by atoms with Crippen molar-refractivity contribution in [3.8, 4) is 11.5 Å². The molecule has 0 radical (unpaired) electrons. The van der Waals surface area contributed by atoms with E-state index in [0.717, 1.165) is 32.9 Å². The van der Waals surface area contributed by atoms with Gasteiger partial charge in [0.2, 0.25) is 5.91 Å². The second-order valence-corrected chi connectivity index (χ2v) is 7.93. The highest BCUT2D eigenvalue weighted by molar-refractivity contribution is 9.10. The van der Waals surface area contributed by atoms with Crippen LogP contribution in [0.1, 0.15) is 40.2 Å². The first kappa shape index (κ1) is 22.1. The average molecular weight is 449 g/mol. The third kappa shape index (κ3) is 6.44. The Balaban J connectivity index is 2.06. The number of nitrogens with one attached hydrogen (secondary N) is 2. The number of hydrogen-bond donors (Lipinski definition) is 2. The van der Waals surface area contributed by atoms with Crippen LogP contribution in [-0.2, 0) is 11.3 Å². The van der Waals surface area contributed by atoms with Gasteiger partial charge in [0.15, 0.2) is 11.5 Å². The van der Waals surface area contributed by atoms with Gasteiger partial charge in [0, 0.05) is 23.8 Å². The molecule has 2 rings (SSSR count). The minimum absolute atomic E-state index is 0.0118. The van der Waals surface area contributed by atoms with Crippen LogP contribution in [0.2, 0.25) is 0 Å². The number of amides is 1. The summed E-state index contributed by atoms with van der Waals surface area (Å²) in [6.07, 6.45) is 0.0641. The third-order valence-corrected chi connectivity index (χ3v) is 4.49. The van der Waals surface area contributed by atoms with Gasteiger partial charge in [0.25, 0.3) is 0 Å². The molecule has 0 unspecified atom stereocenters. The van der Waals surface area contributed by atoms with Gasteiger partial charge in [-0.1, -0.05) is 13.8 Å². The zero-order valence-electron chi connectivity index (χ0n) is 17.1. The maximum Gasteiger partial charge on any atom is 0.226 e. The van der Waals surface area contributed by atoms with E-state index in [1.54, 1.807) is 0 Å². The largest absolute Gasteiger partial charge is 0.490 e. The Hall–Kier alpha value is -2.21. The van der Waals surface area contributed by atoms with Crippen LogP contribution in [-0.4, -0.2) is 18.6 Å². The first-order chi connectivity index (χ1) is 13.3. The summed E-state index contributed by atoms with van der Waals surface area (Å²) in [6.45, 7) is 10.9. The van der Waals surface area contributed by atoms with Crippen LogP contribution in [0.15, 0.2) is 40.9 Å². The van der Waals surface area contributed by atoms with E-state index in [-0.39, 0.29) is 17.9 Å². The number of ether oxygens (including phenoxy) is 2. The van der Waals surface area contributed by atoms with Crippen LogP contribution in [0, 0.1) is 5.92 Å². The first-order valence-electron chi connectivity index (χ1n) is 9.56. The molecule has 6 heteroatoms. The maximum absolute atomic E-state index is 11.8. The predicted octanol–water partition coefficient (Wildman–Crippen LogP) is 5.84. The molecule has 0 aliphatic rings. The van der Waals surface area contributed by atoms with E-state index in [1.807, 2.05) is 71.0 Å². The summed E-state index contributed by atoms with van der Waals surface area (Å²) < 4.78 is 12.5. The molecule has 0 spiro atoms. The highest BCUT2D eigenvalue weighted by Gasteiger charge is 2.14. The van der Waals surface area contributed by atoms with Crippen molar-refractivity contribution in [2.75, 3.05) is 17.2 Å². The molecule has 1 amide bonds. The Morgan fingerprint density at radius 2 is 1.71 bits per heavy atom. The summed E-state index contributed by atoms with van der Waals surface area (Å²) >= 11 is 3.59. The molecule has 0 bridgehead atoms. The van der Waals surface area contributed by atoms with Gasteiger partial charge in [0.1, 0.15) is 0 Å². The van der Waals surface area contributed by atoms with E-state index in [2.05, 4.69) is 26.6 Å². The van der Waals surface area contributed by atoms with Gasteiger partial charge in [-0.2, -0.15) is 0 Å². The number of anilines is 2. The number of carbonyl (C=O) groups excluding carboxylic acids is 1. The normalized spacial score (nSPS) is 10.9. The molecule has 0 heterocycles. The Kier molecular flexibility index (Phi) is 8.18. The summed E-state index contributed by atoms with van der Waals surface area (Å²) in [5.41, 5.74) is 2.84. The molecule has 2 aromatic rings. The molecule has 152 valence electrons. The number of halogens is 1. The summed E-state index contributed by atoms with van der Waals surface area (Å²) in [5.74, 6) is 1.43. The Labute approximate surface area is 175 Å². The third-order valence-electron chi connectivity index (χ3n) is 3.90. The van der Waals surface area contributed by atoms with Crippen molar-refractivity contribution < 1.29 is 14.3 Å². The molecule has 0 saturated heterocycles. The summed E-state index contributed by atoms with van der Waals surface area (Å²) in [5, 5.41) is 6.28. The second-order valence-electron chi connectivity index (χ2n) is 7.08. The smallest absolute Gasteiger partial charge is 0.226 e. The summed E-state index contributed by atoms with van der Waals surface area (Å²) in [7, 11) is 0. The van der Waals surface area contributed by atoms with Crippen molar-refractivity contribution in [3.05, 3.63) is 46.4 Å². The molecule has 0 saturated carbocycles. The zero-order valence-corrected chi connectivity index (χ0v) is 18.7. The van der Waals surface area contributed by atoms with Crippen LogP contribution < -0.4 is 20.1 Å². The minimum Gasteiger partial charge on any atom is -0.490 e. The lowest BCUT2D eigenvalue weighted by Gasteiger charge is -2.18. The van der Waals surface area contributed by atoms with Gasteiger partial charge in [-0.15, -0.1) is 0 Å². The molecule has 0 aliphatic heterocycles. The first-order valence-corrected chi connectivity index (χ1v) is 10.4. The number of rotatable bonds is 9. The number of hydrogen-bond acceptors (Lipinski definition) is 4. The fourth-order valence-corrected chi connectivity index (χ4v) is 3.08. The molecule has 28 heavy (non-hydrogen) atoms. The maximum atomic E-state index is 11.8. The fraction of sp³-hybridized carbons (Fsp3) is 0.409. The highest BCUT2D eigenvalue weighted by atomic mass is 79.9. The van der Waals surface area contributed by atoms with Crippen molar-refractivity contribution in [2.24, 2.45) is 5.92 Å². The van der Waals surface area contributed by atoms with Crippen LogP contribution >= 0.6 is 15.9 Å². The fourth-order valence-electron chi connectivity index (χ4n) is 2.50. The topological polar surface area (TPSA) is 59.6 Å². The predicted molar refractivity (Wildman–Crippen MR) is 118 cm³/mol. The Bertz CT molecular complexity index is 789. The Morgan fingerprint density at radius 3 is 2.29 bits per heavy atom. The van der Waals surface area contributed by atoms with Crippen LogP contribution in [0.5, 0.6) is 11.5 Å². The average Bonchev–Trinajstić information content (AvgIpc) is 2.64. The van der Waals surface area contributed by atoms with Crippen LogP contribution in [0.4, 0.5) is 11.4 Å². The van der Waals surface area contributed by atoms with Gasteiger partial charge in [0.05, 0.1) is 17.2 Å². The lowest BCUT2D eigenvalue weighted by Crippen LogP contribution is -2.17. The molecular weight excluding hydrogens is 420 g/mol. The summed E-state index contributed by atoms with van der Waals surface area (Å²) in [6, 6.07) is 11.7. The molecule has 0 fully saturated rings. The highest BCUT2D eigenvalue weighted by Crippen LogP contribution is 2.37. The molecule has 0 atom stereocenters. The van der Waals surface area contributed by atoms with Crippen molar-refractivity contribution in [3.63, 3.8) is 0 Å². The molecule has 2 N–H and O–H groups in total. The number of benzene rings is 2. The molecule has 5 nitrogen and oxygen atoms in total. The standard InChI is InChI=1S/C22H29BrN2O3/c1-6-27-20-12-16(11-19(23)21(20)28-15(4)5)13-24-17-7-9-18(10-8-17)25-22(26)14(2)3/h7-12,14-15,24H,6,13H2,1-5H3,(H,25,26). The summed E-state index contributed by atoms with van der Waals surface area (Å²) in [4.78, 5) is 11.8. The molecule has 2 aromatic carbocycles. The van der Waals surface area contributed by atoms with Crippen molar-refractivity contribution in [1.29, 1.82) is 0 Å². The van der Waals surface area contributed by atoms with E-state index in [4.69, 9.17) is 9.47 Å². The van der Waals surface area contributed by atoms with E-state index < -0.39 is 0 Å². The van der Waals surface area contributed by atoms with Crippen molar-refractivity contribution in [1.82, 2.24) is 0 Å². The van der Waals surface area contributed by atoms with Crippen LogP contribution in [0.3, 0.4) is 0 Å². The van der Waals surface area contributed by atoms with E-state index in [0.29, 0.717) is 13.2 Å². The van der Waals surface area contributed by atoms with Crippen molar-refractivity contribution in [2.45, 2.75) is 47.3 Å². The van der Waals surface area contributed by atoms with E-state index >= 15 is 0 Å². The van der Waals surface area contributed by atoms with E-state index in [9.17, 15) is 4.79 Å². The van der Waals surface area contributed by atoms with Gasteiger partial charge in [-0.25, -0.2) is 0 Å². The lowest BCUT2D eigenvalue weighted by molar-refractivity contribution is -0.118. The van der Waals surface area contributed by atoms with Gasteiger partial charge < -0.3 is 20.1 Å². The zero-order chi connectivity index (χ0) is 20.7. The Morgan fingerprint density at radius 1 is 1.07 bits per heavy atom. The lowest BCUT2D eigenvalue weighted by atomic mass is 10.2. The molecule has 0 aromatic heterocycles. The SMILES string of the molecule is CCOc1cc(CNc2ccc(NC(=O)C(C)C)cc2)cc(Br)c1OC(C)C. The second kappa shape index (κ2) is 10.4. The molecular formula is C22H29BrN2O3. The monoisotopic (exact) mass is 448 g/mol. The quantitative estimate of drug-likeness (QED) is 0.505. The van der Waals surface area contributed by atoms with Gasteiger partial charge >= 0.3 is 0 Å². The number of carbonyl (C=O) groups is 1. The molecule has 0 aliphatic carbocycles. The van der Waals surface area contributed by atoms with Gasteiger partial charge in [-0.3, -0.25) is 4.79 Å². The van der Waals surface area contributed by atoms with Gasteiger partial charge in [-0.05, 0) is 78.7 Å². The van der Waals surface area contributed by atoms with E-state index in [1.165, 1.54) is 0 Å². The minimum atomic E-state index is -0.0431.